The van der Waals surface area contributed by atoms with E-state index >= 15 is 0 Å². The van der Waals surface area contributed by atoms with Gasteiger partial charge in [-0.15, -0.1) is 0 Å². The Morgan fingerprint density at radius 3 is 2.20 bits per heavy atom. The van der Waals surface area contributed by atoms with Crippen LogP contribution in [0.2, 0.25) is 0 Å². The molecule has 0 fully saturated rings. The minimum atomic E-state index is -2.73. The first-order chi connectivity index (χ1) is 8.23. The van der Waals surface area contributed by atoms with Crippen molar-refractivity contribution in [3.8, 4) is 0 Å². The predicted octanol–water partition coefficient (Wildman–Crippen LogP) is -2.21. The largest absolute Gasteiger partial charge is 0.391 e. The summed E-state index contributed by atoms with van der Waals surface area (Å²) in [6.07, 6.45) is -6.39. The molecule has 0 amide bonds. The molecule has 5 atom stereocenters. The Kier molecular flexibility index (Phi) is 2.93. The van der Waals surface area contributed by atoms with Gasteiger partial charge in [-0.25, -0.2) is 0 Å². The molecular formula is C9H18O6. The molecule has 0 rings (SSSR count). The molecule has 0 aliphatic carbocycles. The van der Waals surface area contributed by atoms with E-state index in [4.69, 9.17) is 4.11 Å². The molecule has 90 valence electrons. The normalized spacial score (nSPS) is 28.5. The number of hydrogen-bond donors (Lipinski definition) is 5. The molecule has 6 nitrogen and oxygen atoms in total. The van der Waals surface area contributed by atoms with Crippen LogP contribution in [0.3, 0.4) is 0 Å². The SMILES string of the molecule is [2H]CC(O)[C@@H](O)[C@](O)(C[2H])[C@H](O)[C@@](O)(C=O)C[2H]. The predicted molar refractivity (Wildman–Crippen MR) is 51.0 cm³/mol. The molecule has 5 N–H and O–H groups in total. The lowest BCUT2D eigenvalue weighted by molar-refractivity contribution is -0.207. The van der Waals surface area contributed by atoms with Crippen LogP contribution in [-0.4, -0.2) is 61.3 Å². The lowest BCUT2D eigenvalue weighted by Crippen LogP contribution is -2.62. The summed E-state index contributed by atoms with van der Waals surface area (Å²) in [7, 11) is 0. The van der Waals surface area contributed by atoms with Gasteiger partial charge in [-0.3, -0.25) is 0 Å². The summed E-state index contributed by atoms with van der Waals surface area (Å²) in [5.74, 6) is 0. The van der Waals surface area contributed by atoms with Crippen molar-refractivity contribution in [2.75, 3.05) is 0 Å². The van der Waals surface area contributed by atoms with E-state index < -0.39 is 50.2 Å². The Hall–Kier alpha value is -0.530. The van der Waals surface area contributed by atoms with Crippen LogP contribution in [0, 0.1) is 0 Å². The first kappa shape index (κ1) is 9.68. The van der Waals surface area contributed by atoms with Crippen molar-refractivity contribution in [3.05, 3.63) is 0 Å². The Morgan fingerprint density at radius 2 is 1.87 bits per heavy atom. The standard InChI is InChI=1S/C9H18O6/c1-5(11)6(12)9(3,15)7(13)8(2,14)4-10/h4-7,11-15H,1-3H3/t5?,6-,7-,8+,9-/m1/s1/i1D,2D,3D. The summed E-state index contributed by atoms with van der Waals surface area (Å²) >= 11 is 0. The van der Waals surface area contributed by atoms with E-state index in [-0.39, 0.29) is 6.29 Å². The first-order valence-corrected chi connectivity index (χ1v) is 4.06. The zero-order chi connectivity index (χ0) is 14.6. The highest BCUT2D eigenvalue weighted by molar-refractivity contribution is 5.62. The van der Waals surface area contributed by atoms with E-state index in [1.54, 1.807) is 0 Å². The summed E-state index contributed by atoms with van der Waals surface area (Å²) in [5.41, 5.74) is -5.39. The van der Waals surface area contributed by atoms with E-state index in [2.05, 4.69) is 0 Å². The number of rotatable bonds is 5. The van der Waals surface area contributed by atoms with Crippen molar-refractivity contribution < 1.29 is 34.4 Å². The lowest BCUT2D eigenvalue weighted by atomic mass is 9.81. The number of hydrogen-bond acceptors (Lipinski definition) is 6. The first-order valence-electron chi connectivity index (χ1n) is 6.18. The van der Waals surface area contributed by atoms with Gasteiger partial charge in [0.2, 0.25) is 0 Å². The summed E-state index contributed by atoms with van der Waals surface area (Å²) < 4.78 is 20.9. The molecule has 0 spiro atoms. The molecule has 15 heavy (non-hydrogen) atoms. The number of carbonyl (C=O) groups is 1. The summed E-state index contributed by atoms with van der Waals surface area (Å²) in [4.78, 5) is 10.6. The molecule has 6 heteroatoms. The van der Waals surface area contributed by atoms with Crippen molar-refractivity contribution >= 4 is 6.29 Å². The molecule has 0 heterocycles. The average Bonchev–Trinajstić information content (AvgIpc) is 2.42. The number of aliphatic hydroxyl groups is 5. The molecule has 0 bridgehead atoms. The van der Waals surface area contributed by atoms with Crippen LogP contribution >= 0.6 is 0 Å². The van der Waals surface area contributed by atoms with Crippen LogP contribution in [0.25, 0.3) is 0 Å². The second-order valence-corrected chi connectivity index (χ2v) is 3.52. The molecule has 0 aromatic rings. The number of carbonyl (C=O) groups excluding carboxylic acids is 1. The molecule has 0 aliphatic heterocycles. The molecule has 1 unspecified atom stereocenters. The second-order valence-electron chi connectivity index (χ2n) is 3.52. The van der Waals surface area contributed by atoms with Crippen LogP contribution in [0.5, 0.6) is 0 Å². The average molecular weight is 225 g/mol. The van der Waals surface area contributed by atoms with E-state index in [0.717, 1.165) is 0 Å². The van der Waals surface area contributed by atoms with Crippen LogP contribution in [0.4, 0.5) is 0 Å². The van der Waals surface area contributed by atoms with Crippen LogP contribution in [0.1, 0.15) is 24.8 Å². The highest BCUT2D eigenvalue weighted by atomic mass is 16.4. The zero-order valence-electron chi connectivity index (χ0n) is 11.1. The molecule has 0 aromatic heterocycles. The Balaban J connectivity index is 5.33. The van der Waals surface area contributed by atoms with Crippen LogP contribution in [0.15, 0.2) is 0 Å². The van der Waals surface area contributed by atoms with Gasteiger partial charge in [-0.1, -0.05) is 0 Å². The van der Waals surface area contributed by atoms with Crippen molar-refractivity contribution in [2.45, 2.75) is 50.2 Å². The molecule has 0 saturated carbocycles. The third kappa shape index (κ3) is 2.96. The fraction of sp³-hybridized carbons (Fsp3) is 0.889. The maximum absolute atomic E-state index is 10.6. The van der Waals surface area contributed by atoms with Gasteiger partial charge in [0, 0.05) is 4.11 Å². The molecule has 0 saturated heterocycles. The quantitative estimate of drug-likeness (QED) is 0.339. The second kappa shape index (κ2) is 4.54. The fourth-order valence-electron chi connectivity index (χ4n) is 0.992. The van der Waals surface area contributed by atoms with Gasteiger partial charge in [0.15, 0.2) is 6.29 Å². The fourth-order valence-corrected chi connectivity index (χ4v) is 0.992. The van der Waals surface area contributed by atoms with Gasteiger partial charge in [0.25, 0.3) is 0 Å². The highest BCUT2D eigenvalue weighted by Crippen LogP contribution is 2.24. The number of aliphatic hydroxyl groups excluding tert-OH is 3. The van der Waals surface area contributed by atoms with Crippen molar-refractivity contribution in [2.24, 2.45) is 0 Å². The highest BCUT2D eigenvalue weighted by Gasteiger charge is 2.48. The summed E-state index contributed by atoms with van der Waals surface area (Å²) in [6.45, 7) is -2.75. The van der Waals surface area contributed by atoms with E-state index in [1.165, 1.54) is 0 Å². The maximum atomic E-state index is 10.6. The Bertz CT molecular complexity index is 281. The van der Waals surface area contributed by atoms with E-state index in [0.29, 0.717) is 0 Å². The minimum Gasteiger partial charge on any atom is -0.391 e. The maximum Gasteiger partial charge on any atom is 0.154 e. The number of aldehydes is 1. The third-order valence-electron chi connectivity index (χ3n) is 2.03. The van der Waals surface area contributed by atoms with Crippen molar-refractivity contribution in [1.82, 2.24) is 0 Å². The molecular weight excluding hydrogens is 204 g/mol. The van der Waals surface area contributed by atoms with Gasteiger partial charge in [-0.05, 0) is 20.7 Å². The van der Waals surface area contributed by atoms with Crippen LogP contribution < -0.4 is 0 Å². The Labute approximate surface area is 92.0 Å². The van der Waals surface area contributed by atoms with Crippen LogP contribution in [-0.2, 0) is 4.79 Å². The molecule has 0 aliphatic rings. The van der Waals surface area contributed by atoms with Gasteiger partial charge in [0.05, 0.1) is 6.10 Å². The smallest absolute Gasteiger partial charge is 0.154 e. The monoisotopic (exact) mass is 225 g/mol. The topological polar surface area (TPSA) is 118 Å². The van der Waals surface area contributed by atoms with Gasteiger partial charge in [-0.2, -0.15) is 0 Å². The third-order valence-corrected chi connectivity index (χ3v) is 2.03. The Morgan fingerprint density at radius 1 is 1.27 bits per heavy atom. The van der Waals surface area contributed by atoms with Gasteiger partial charge in [0.1, 0.15) is 23.4 Å². The van der Waals surface area contributed by atoms with E-state index in [1.807, 2.05) is 0 Å². The summed E-state index contributed by atoms with van der Waals surface area (Å²) in [6, 6.07) is 0. The van der Waals surface area contributed by atoms with Crippen molar-refractivity contribution in [3.63, 3.8) is 0 Å². The minimum absolute atomic E-state index is 0.176. The van der Waals surface area contributed by atoms with Crippen molar-refractivity contribution in [1.29, 1.82) is 0 Å². The molecule has 0 radical (unpaired) electrons. The van der Waals surface area contributed by atoms with Gasteiger partial charge >= 0.3 is 0 Å². The lowest BCUT2D eigenvalue weighted by Gasteiger charge is -2.39. The van der Waals surface area contributed by atoms with E-state index in [9.17, 15) is 30.3 Å². The molecule has 0 aromatic carbocycles. The summed E-state index contributed by atoms with van der Waals surface area (Å²) in [5, 5.41) is 48.0. The van der Waals surface area contributed by atoms with Gasteiger partial charge < -0.3 is 30.3 Å². The zero-order valence-corrected chi connectivity index (χ0v) is 8.08.